The van der Waals surface area contributed by atoms with Crippen LogP contribution in [0, 0.1) is 12.8 Å². The van der Waals surface area contributed by atoms with Crippen molar-refractivity contribution < 1.29 is 15.0 Å². The first-order valence-electron chi connectivity index (χ1n) is 7.69. The summed E-state index contributed by atoms with van der Waals surface area (Å²) in [6.45, 7) is 5.36. The van der Waals surface area contributed by atoms with Crippen LogP contribution in [0.15, 0.2) is 6.07 Å². The fourth-order valence-electron chi connectivity index (χ4n) is 3.03. The number of aliphatic hydroxyl groups is 1. The van der Waals surface area contributed by atoms with E-state index in [0.29, 0.717) is 18.0 Å². The maximum Gasteiger partial charge on any atom is 0.345 e. The fraction of sp³-hybridized carbons (Fsp3) is 0.688. The molecule has 0 radical (unpaired) electrons. The number of thiophene rings is 1. The molecule has 0 atom stereocenters. The Labute approximate surface area is 130 Å². The molecular formula is C16H25NO3S. The van der Waals surface area contributed by atoms with Gasteiger partial charge in [-0.1, -0.05) is 13.3 Å². The molecule has 1 aliphatic rings. The Morgan fingerprint density at radius 1 is 1.48 bits per heavy atom. The Hall–Kier alpha value is -0.910. The summed E-state index contributed by atoms with van der Waals surface area (Å²) >= 11 is 1.31. The molecule has 5 heteroatoms. The zero-order valence-electron chi connectivity index (χ0n) is 12.8. The van der Waals surface area contributed by atoms with Crippen molar-refractivity contribution in [1.82, 2.24) is 5.32 Å². The summed E-state index contributed by atoms with van der Waals surface area (Å²) in [5.74, 6) is -0.103. The molecule has 0 spiro atoms. The summed E-state index contributed by atoms with van der Waals surface area (Å²) in [4.78, 5) is 12.4. The lowest BCUT2D eigenvalue weighted by atomic mass is 9.78. The topological polar surface area (TPSA) is 69.6 Å². The Kier molecular flexibility index (Phi) is 5.41. The van der Waals surface area contributed by atoms with Crippen molar-refractivity contribution in [2.45, 2.75) is 58.1 Å². The van der Waals surface area contributed by atoms with Crippen molar-refractivity contribution in [3.05, 3.63) is 21.4 Å². The van der Waals surface area contributed by atoms with Crippen molar-refractivity contribution in [3.8, 4) is 0 Å². The van der Waals surface area contributed by atoms with E-state index >= 15 is 0 Å². The third kappa shape index (κ3) is 4.28. The van der Waals surface area contributed by atoms with Crippen LogP contribution in [0.4, 0.5) is 0 Å². The van der Waals surface area contributed by atoms with E-state index in [9.17, 15) is 9.90 Å². The van der Waals surface area contributed by atoms with Gasteiger partial charge in [0.15, 0.2) is 0 Å². The van der Waals surface area contributed by atoms with E-state index in [1.807, 2.05) is 6.92 Å². The summed E-state index contributed by atoms with van der Waals surface area (Å²) in [6.07, 6.45) is 5.14. The summed E-state index contributed by atoms with van der Waals surface area (Å²) < 4.78 is 0. The molecule has 0 aliphatic heterocycles. The second-order valence-corrected chi connectivity index (χ2v) is 7.43. The van der Waals surface area contributed by atoms with Gasteiger partial charge in [-0.15, -0.1) is 11.3 Å². The van der Waals surface area contributed by atoms with Gasteiger partial charge in [-0.2, -0.15) is 0 Å². The molecule has 1 saturated carbocycles. The van der Waals surface area contributed by atoms with Gasteiger partial charge in [0.2, 0.25) is 0 Å². The molecular weight excluding hydrogens is 286 g/mol. The number of aromatic carboxylic acids is 1. The fourth-order valence-corrected chi connectivity index (χ4v) is 3.91. The lowest BCUT2D eigenvalue weighted by Gasteiger charge is -2.36. The lowest BCUT2D eigenvalue weighted by Crippen LogP contribution is -2.43. The van der Waals surface area contributed by atoms with Crippen molar-refractivity contribution in [2.75, 3.05) is 6.54 Å². The first kappa shape index (κ1) is 16.5. The molecule has 118 valence electrons. The normalized spacial score (nSPS) is 26.0. The van der Waals surface area contributed by atoms with E-state index in [4.69, 9.17) is 5.11 Å². The highest BCUT2D eigenvalue weighted by atomic mass is 32.1. The predicted molar refractivity (Wildman–Crippen MR) is 84.9 cm³/mol. The first-order valence-corrected chi connectivity index (χ1v) is 8.51. The van der Waals surface area contributed by atoms with Crippen LogP contribution in [0.25, 0.3) is 0 Å². The number of aryl methyl sites for hydroxylation is 1. The van der Waals surface area contributed by atoms with Gasteiger partial charge in [-0.05, 0) is 50.2 Å². The molecule has 4 nitrogen and oxygen atoms in total. The number of hydrogen-bond acceptors (Lipinski definition) is 4. The van der Waals surface area contributed by atoms with E-state index in [-0.39, 0.29) is 0 Å². The number of carboxylic acid groups (broad SMARTS) is 1. The van der Waals surface area contributed by atoms with Crippen LogP contribution in [0.1, 0.15) is 59.1 Å². The maximum atomic E-state index is 10.9. The average Bonchev–Trinajstić information content (AvgIpc) is 2.81. The zero-order valence-corrected chi connectivity index (χ0v) is 13.6. The SMILES string of the molecule is CCC1CCC(O)(CNCc2cc(C(=O)O)sc2C)CC1. The van der Waals surface area contributed by atoms with Gasteiger partial charge in [0.25, 0.3) is 0 Å². The van der Waals surface area contributed by atoms with Crippen LogP contribution in [0.2, 0.25) is 0 Å². The highest BCUT2D eigenvalue weighted by Gasteiger charge is 2.32. The van der Waals surface area contributed by atoms with Crippen molar-refractivity contribution in [2.24, 2.45) is 5.92 Å². The molecule has 0 saturated heterocycles. The average molecular weight is 311 g/mol. The van der Waals surface area contributed by atoms with Crippen LogP contribution >= 0.6 is 11.3 Å². The molecule has 2 rings (SSSR count). The van der Waals surface area contributed by atoms with Gasteiger partial charge in [0, 0.05) is 18.0 Å². The number of nitrogens with one attached hydrogen (secondary N) is 1. The largest absolute Gasteiger partial charge is 0.477 e. The standard InChI is InChI=1S/C16H25NO3S/c1-3-12-4-6-16(20,7-5-12)10-17-9-13-8-14(15(18)19)21-11(13)2/h8,12,17,20H,3-7,9-10H2,1-2H3,(H,18,19). The van der Waals surface area contributed by atoms with Crippen molar-refractivity contribution >= 4 is 17.3 Å². The van der Waals surface area contributed by atoms with Gasteiger partial charge in [0.05, 0.1) is 5.60 Å². The van der Waals surface area contributed by atoms with Crippen molar-refractivity contribution in [1.29, 1.82) is 0 Å². The Balaban J connectivity index is 1.83. The Morgan fingerprint density at radius 3 is 2.67 bits per heavy atom. The minimum absolute atomic E-state index is 0.381. The van der Waals surface area contributed by atoms with Crippen LogP contribution in [0.3, 0.4) is 0 Å². The van der Waals surface area contributed by atoms with Crippen LogP contribution in [-0.4, -0.2) is 28.3 Å². The van der Waals surface area contributed by atoms with E-state index in [2.05, 4.69) is 12.2 Å². The molecule has 1 aromatic rings. The Morgan fingerprint density at radius 2 is 2.14 bits per heavy atom. The molecule has 1 fully saturated rings. The van der Waals surface area contributed by atoms with Crippen molar-refractivity contribution in [3.63, 3.8) is 0 Å². The predicted octanol–water partition coefficient (Wildman–Crippen LogP) is 3.18. The molecule has 0 aromatic carbocycles. The summed E-state index contributed by atoms with van der Waals surface area (Å²) in [5.41, 5.74) is 0.425. The highest BCUT2D eigenvalue weighted by molar-refractivity contribution is 7.14. The quantitative estimate of drug-likeness (QED) is 0.755. The maximum absolute atomic E-state index is 10.9. The van der Waals surface area contributed by atoms with Gasteiger partial charge in [-0.25, -0.2) is 4.79 Å². The molecule has 0 unspecified atom stereocenters. The van der Waals surface area contributed by atoms with Crippen LogP contribution in [0.5, 0.6) is 0 Å². The van der Waals surface area contributed by atoms with Gasteiger partial charge in [-0.3, -0.25) is 0 Å². The number of rotatable bonds is 6. The van der Waals surface area contributed by atoms with E-state index in [1.165, 1.54) is 17.8 Å². The lowest BCUT2D eigenvalue weighted by molar-refractivity contribution is -0.00882. The molecule has 1 heterocycles. The van der Waals surface area contributed by atoms with Crippen LogP contribution < -0.4 is 5.32 Å². The smallest absolute Gasteiger partial charge is 0.345 e. The number of hydrogen-bond donors (Lipinski definition) is 3. The molecule has 0 bridgehead atoms. The Bertz CT molecular complexity index is 490. The van der Waals surface area contributed by atoms with Gasteiger partial charge in [0.1, 0.15) is 4.88 Å². The minimum Gasteiger partial charge on any atom is -0.477 e. The molecule has 0 amide bonds. The third-order valence-corrected chi connectivity index (χ3v) is 5.69. The molecule has 1 aromatic heterocycles. The summed E-state index contributed by atoms with van der Waals surface area (Å²) in [7, 11) is 0. The molecule has 3 N–H and O–H groups in total. The minimum atomic E-state index is -0.870. The summed E-state index contributed by atoms with van der Waals surface area (Å²) in [6, 6.07) is 1.73. The monoisotopic (exact) mass is 311 g/mol. The van der Waals surface area contributed by atoms with Crippen LogP contribution in [-0.2, 0) is 6.54 Å². The highest BCUT2D eigenvalue weighted by Crippen LogP contribution is 2.33. The van der Waals surface area contributed by atoms with Gasteiger partial charge >= 0.3 is 5.97 Å². The van der Waals surface area contributed by atoms with E-state index in [1.54, 1.807) is 6.07 Å². The molecule has 1 aliphatic carbocycles. The zero-order chi connectivity index (χ0) is 15.5. The third-order valence-electron chi connectivity index (χ3n) is 4.61. The van der Waals surface area contributed by atoms with E-state index in [0.717, 1.165) is 42.0 Å². The van der Waals surface area contributed by atoms with Gasteiger partial charge < -0.3 is 15.5 Å². The summed E-state index contributed by atoms with van der Waals surface area (Å²) in [5, 5.41) is 22.9. The number of carbonyl (C=O) groups is 1. The second kappa shape index (κ2) is 6.90. The second-order valence-electron chi connectivity index (χ2n) is 6.18. The first-order chi connectivity index (χ1) is 9.93. The molecule has 21 heavy (non-hydrogen) atoms. The number of carboxylic acids is 1. The van der Waals surface area contributed by atoms with E-state index < -0.39 is 11.6 Å².